The number of likely N-dealkylation sites (tertiary alicyclic amines) is 1. The Kier molecular flexibility index (Phi) is 6.32. The van der Waals surface area contributed by atoms with Crippen molar-refractivity contribution in [2.24, 2.45) is 0 Å². The molecule has 0 spiro atoms. The number of piperidine rings is 1. The largest absolute Gasteiger partial charge is 0.361 e. The van der Waals surface area contributed by atoms with Crippen LogP contribution in [0.1, 0.15) is 46.8 Å². The molecule has 1 saturated heterocycles. The summed E-state index contributed by atoms with van der Waals surface area (Å²) < 4.78 is 20.9. The fraction of sp³-hybridized carbons (Fsp3) is 0.423. The van der Waals surface area contributed by atoms with Crippen molar-refractivity contribution >= 4 is 5.91 Å². The van der Waals surface area contributed by atoms with Crippen molar-refractivity contribution in [1.29, 1.82) is 0 Å². The number of carbonyl (C=O) groups is 1. The average molecular weight is 465 g/mol. The summed E-state index contributed by atoms with van der Waals surface area (Å²) in [6.07, 6.45) is 4.22. The average Bonchev–Trinajstić information content (AvgIpc) is 3.29. The Bertz CT molecular complexity index is 1260. The van der Waals surface area contributed by atoms with Crippen LogP contribution in [0.2, 0.25) is 0 Å². The molecule has 0 N–H and O–H groups in total. The predicted octanol–water partition coefficient (Wildman–Crippen LogP) is 3.64. The van der Waals surface area contributed by atoms with Gasteiger partial charge in [0.05, 0.1) is 0 Å². The lowest BCUT2D eigenvalue weighted by Crippen LogP contribution is -2.41. The highest BCUT2D eigenvalue weighted by Crippen LogP contribution is 2.25. The summed E-state index contributed by atoms with van der Waals surface area (Å²) >= 11 is 0. The fourth-order valence-corrected chi connectivity index (χ4v) is 5.04. The van der Waals surface area contributed by atoms with Crippen molar-refractivity contribution in [2.45, 2.75) is 45.7 Å². The number of fused-ring (bicyclic) bond motifs is 1. The third-order valence-electron chi connectivity index (χ3n) is 6.83. The summed E-state index contributed by atoms with van der Waals surface area (Å²) in [5, 5.41) is 3.87. The zero-order valence-electron chi connectivity index (χ0n) is 19.4. The lowest BCUT2D eigenvalue weighted by molar-refractivity contribution is 0.0721. The Balaban J connectivity index is 1.50. The van der Waals surface area contributed by atoms with Gasteiger partial charge in [-0.1, -0.05) is 23.7 Å². The van der Waals surface area contributed by atoms with Crippen molar-refractivity contribution in [1.82, 2.24) is 19.5 Å². The first-order valence-electron chi connectivity index (χ1n) is 12.0. The van der Waals surface area contributed by atoms with Gasteiger partial charge < -0.3 is 18.9 Å². The zero-order chi connectivity index (χ0) is 23.7. The molecule has 0 aliphatic carbocycles. The highest BCUT2D eigenvalue weighted by Gasteiger charge is 2.27. The van der Waals surface area contributed by atoms with E-state index in [1.165, 1.54) is 31.4 Å². The molecule has 2 aliphatic rings. The van der Waals surface area contributed by atoms with E-state index in [2.05, 4.69) is 10.1 Å². The monoisotopic (exact) mass is 464 g/mol. The second-order valence-corrected chi connectivity index (χ2v) is 9.20. The first-order chi connectivity index (χ1) is 16.5. The molecular weight excluding hydrogens is 435 g/mol. The molecule has 7 nitrogen and oxygen atoms in total. The van der Waals surface area contributed by atoms with Gasteiger partial charge in [-0.2, -0.15) is 0 Å². The van der Waals surface area contributed by atoms with Crippen molar-refractivity contribution in [3.8, 4) is 11.1 Å². The molecule has 0 radical (unpaired) electrons. The SMILES string of the molecule is Cc1cc(C(=O)N2CCc3c(cc(-c4cccc(F)c4)c(=O)n3CCN3CCCCC3)C2)no1. The van der Waals surface area contributed by atoms with E-state index in [1.807, 2.05) is 10.6 Å². The van der Waals surface area contributed by atoms with Crippen LogP contribution >= 0.6 is 0 Å². The topological polar surface area (TPSA) is 71.6 Å². The molecule has 2 aromatic heterocycles. The number of rotatable bonds is 5. The third kappa shape index (κ3) is 4.55. The number of halogens is 1. The highest BCUT2D eigenvalue weighted by atomic mass is 19.1. The Morgan fingerprint density at radius 2 is 1.91 bits per heavy atom. The van der Waals surface area contributed by atoms with E-state index in [9.17, 15) is 14.0 Å². The van der Waals surface area contributed by atoms with E-state index in [-0.39, 0.29) is 23.0 Å². The van der Waals surface area contributed by atoms with Crippen LogP contribution in [-0.2, 0) is 19.5 Å². The Morgan fingerprint density at radius 1 is 1.09 bits per heavy atom. The van der Waals surface area contributed by atoms with E-state index in [0.29, 0.717) is 42.9 Å². The molecule has 1 fully saturated rings. The predicted molar refractivity (Wildman–Crippen MR) is 126 cm³/mol. The third-order valence-corrected chi connectivity index (χ3v) is 6.83. The summed E-state index contributed by atoms with van der Waals surface area (Å²) in [5.74, 6) is 0.00858. The van der Waals surface area contributed by atoms with Gasteiger partial charge in [0.25, 0.3) is 11.5 Å². The standard InChI is InChI=1S/C26H29FN4O3/c1-18-14-23(28-34-18)26(33)30-11-8-24-20(17-30)16-22(19-6-5-7-21(27)15-19)25(32)31(24)13-12-29-9-3-2-4-10-29/h5-7,14-16H,2-4,8-13,17H2,1H3. The molecule has 178 valence electrons. The molecule has 0 unspecified atom stereocenters. The van der Waals surface area contributed by atoms with Crippen LogP contribution in [0, 0.1) is 12.7 Å². The maximum Gasteiger partial charge on any atom is 0.276 e. The van der Waals surface area contributed by atoms with Crippen molar-refractivity contribution in [2.75, 3.05) is 26.2 Å². The van der Waals surface area contributed by atoms with Crippen LogP contribution in [0.4, 0.5) is 4.39 Å². The van der Waals surface area contributed by atoms with Crippen LogP contribution in [0.15, 0.2) is 45.7 Å². The lowest BCUT2D eigenvalue weighted by atomic mass is 9.98. The lowest BCUT2D eigenvalue weighted by Gasteiger charge is -2.32. The summed E-state index contributed by atoms with van der Waals surface area (Å²) in [6, 6.07) is 9.60. The van der Waals surface area contributed by atoms with Gasteiger partial charge in [-0.25, -0.2) is 4.39 Å². The Hall–Kier alpha value is -3.26. The number of pyridine rings is 1. The minimum absolute atomic E-state index is 0.103. The molecule has 5 rings (SSSR count). The van der Waals surface area contributed by atoms with Gasteiger partial charge in [0.1, 0.15) is 11.6 Å². The molecule has 8 heteroatoms. The minimum Gasteiger partial charge on any atom is -0.361 e. The summed E-state index contributed by atoms with van der Waals surface area (Å²) in [6.45, 7) is 6.12. The maximum absolute atomic E-state index is 14.0. The Labute approximate surface area is 197 Å². The van der Waals surface area contributed by atoms with Gasteiger partial charge in [0, 0.05) is 49.9 Å². The van der Waals surface area contributed by atoms with Gasteiger partial charge in [-0.15, -0.1) is 0 Å². The van der Waals surface area contributed by atoms with E-state index in [4.69, 9.17) is 4.52 Å². The van der Waals surface area contributed by atoms with Gasteiger partial charge in [0.15, 0.2) is 5.69 Å². The number of nitrogens with zero attached hydrogens (tertiary/aromatic N) is 4. The molecule has 0 atom stereocenters. The van der Waals surface area contributed by atoms with Crippen LogP contribution in [0.25, 0.3) is 11.1 Å². The number of aryl methyl sites for hydroxylation is 1. The Morgan fingerprint density at radius 3 is 2.65 bits per heavy atom. The van der Waals surface area contributed by atoms with Crippen LogP contribution in [-0.4, -0.2) is 51.6 Å². The number of aromatic nitrogens is 2. The molecule has 3 aromatic rings. The molecular formula is C26H29FN4O3. The molecule has 1 amide bonds. The van der Waals surface area contributed by atoms with E-state index >= 15 is 0 Å². The first-order valence-corrected chi connectivity index (χ1v) is 12.0. The van der Waals surface area contributed by atoms with E-state index in [1.54, 1.807) is 30.0 Å². The van der Waals surface area contributed by atoms with E-state index < -0.39 is 0 Å². The minimum atomic E-state index is -0.382. The summed E-state index contributed by atoms with van der Waals surface area (Å²) in [5.41, 5.74) is 3.07. The molecule has 4 heterocycles. The molecule has 34 heavy (non-hydrogen) atoms. The second-order valence-electron chi connectivity index (χ2n) is 9.20. The molecule has 0 saturated carbocycles. The second kappa shape index (κ2) is 9.54. The summed E-state index contributed by atoms with van der Waals surface area (Å²) in [4.78, 5) is 30.7. The zero-order valence-corrected chi connectivity index (χ0v) is 19.4. The number of benzene rings is 1. The highest BCUT2D eigenvalue weighted by molar-refractivity contribution is 5.92. The van der Waals surface area contributed by atoms with Gasteiger partial charge in [0.2, 0.25) is 0 Å². The van der Waals surface area contributed by atoms with Gasteiger partial charge >= 0.3 is 0 Å². The quantitative estimate of drug-likeness (QED) is 0.577. The number of hydrogen-bond acceptors (Lipinski definition) is 5. The first kappa shape index (κ1) is 22.5. The molecule has 0 bridgehead atoms. The summed E-state index contributed by atoms with van der Waals surface area (Å²) in [7, 11) is 0. The van der Waals surface area contributed by atoms with Crippen molar-refractivity contribution < 1.29 is 13.7 Å². The smallest absolute Gasteiger partial charge is 0.276 e. The van der Waals surface area contributed by atoms with Gasteiger partial charge in [-0.3, -0.25) is 9.59 Å². The van der Waals surface area contributed by atoms with Gasteiger partial charge in [-0.05, 0) is 62.2 Å². The van der Waals surface area contributed by atoms with Crippen LogP contribution in [0.5, 0.6) is 0 Å². The molecule has 1 aromatic carbocycles. The number of amides is 1. The fourth-order valence-electron chi connectivity index (χ4n) is 5.04. The van der Waals surface area contributed by atoms with E-state index in [0.717, 1.165) is 30.9 Å². The number of hydrogen-bond donors (Lipinski definition) is 0. The van der Waals surface area contributed by atoms with Crippen molar-refractivity contribution in [3.05, 3.63) is 75.3 Å². The van der Waals surface area contributed by atoms with Crippen molar-refractivity contribution in [3.63, 3.8) is 0 Å². The normalized spacial score (nSPS) is 16.5. The van der Waals surface area contributed by atoms with Crippen LogP contribution < -0.4 is 5.56 Å². The van der Waals surface area contributed by atoms with Crippen LogP contribution in [0.3, 0.4) is 0 Å². The molecule has 2 aliphatic heterocycles. The number of carbonyl (C=O) groups excluding carboxylic acids is 1. The maximum atomic E-state index is 14.0.